The largest absolute Gasteiger partial charge is 0.493 e. The lowest BCUT2D eigenvalue weighted by atomic mass is 9.92. The first-order valence-corrected chi connectivity index (χ1v) is 13.0. The Morgan fingerprint density at radius 2 is 1.68 bits per heavy atom. The van der Waals surface area contributed by atoms with E-state index in [4.69, 9.17) is 18.9 Å². The number of likely N-dealkylation sites (tertiary alicyclic amines) is 1. The molecule has 37 heavy (non-hydrogen) atoms. The van der Waals surface area contributed by atoms with Gasteiger partial charge in [-0.25, -0.2) is 9.80 Å². The first-order valence-electron chi connectivity index (χ1n) is 13.0. The molecule has 2 aliphatic heterocycles. The molecular weight excluding hydrogens is 474 g/mol. The van der Waals surface area contributed by atoms with Crippen LogP contribution < -0.4 is 14.2 Å². The smallest absolute Gasteiger partial charge is 0.423 e. The number of hydrogen-bond donors (Lipinski definition) is 1. The van der Waals surface area contributed by atoms with Gasteiger partial charge in [0.15, 0.2) is 17.2 Å². The van der Waals surface area contributed by atoms with E-state index >= 15 is 0 Å². The van der Waals surface area contributed by atoms with Crippen LogP contribution >= 0.6 is 0 Å². The number of hydrogen-bond acceptors (Lipinski definition) is 7. The zero-order valence-electron chi connectivity index (χ0n) is 22.1. The Kier molecular flexibility index (Phi) is 9.13. The van der Waals surface area contributed by atoms with E-state index in [2.05, 4.69) is 17.0 Å². The predicted molar refractivity (Wildman–Crippen MR) is 140 cm³/mol. The van der Waals surface area contributed by atoms with Gasteiger partial charge in [-0.05, 0) is 69.3 Å². The van der Waals surface area contributed by atoms with E-state index in [1.807, 2.05) is 35.3 Å². The molecule has 0 saturated carbocycles. The van der Waals surface area contributed by atoms with E-state index in [0.717, 1.165) is 49.9 Å². The molecule has 1 unspecified atom stereocenters. The van der Waals surface area contributed by atoms with Crippen LogP contribution in [0.2, 0.25) is 0 Å². The molecule has 2 aromatic carbocycles. The summed E-state index contributed by atoms with van der Waals surface area (Å²) in [6.45, 7) is 3.04. The second-order valence-corrected chi connectivity index (χ2v) is 9.51. The van der Waals surface area contributed by atoms with Crippen molar-refractivity contribution in [1.82, 2.24) is 14.9 Å². The molecule has 1 atom stereocenters. The van der Waals surface area contributed by atoms with Gasteiger partial charge in [0.25, 0.3) is 0 Å². The van der Waals surface area contributed by atoms with Crippen LogP contribution in [0.25, 0.3) is 0 Å². The van der Waals surface area contributed by atoms with Crippen molar-refractivity contribution in [3.05, 3.63) is 53.6 Å². The maximum absolute atomic E-state index is 12.8. The zero-order valence-corrected chi connectivity index (χ0v) is 22.1. The van der Waals surface area contributed by atoms with Gasteiger partial charge in [-0.2, -0.15) is 5.01 Å². The summed E-state index contributed by atoms with van der Waals surface area (Å²) in [5, 5.41) is 13.9. The molecule has 2 saturated heterocycles. The van der Waals surface area contributed by atoms with Crippen molar-refractivity contribution in [2.45, 2.75) is 44.2 Å². The quantitative estimate of drug-likeness (QED) is 0.438. The van der Waals surface area contributed by atoms with Crippen molar-refractivity contribution in [3.63, 3.8) is 0 Å². The van der Waals surface area contributed by atoms with Gasteiger partial charge >= 0.3 is 6.09 Å². The minimum atomic E-state index is -1.02. The Morgan fingerprint density at radius 3 is 2.22 bits per heavy atom. The molecule has 2 aromatic rings. The third-order valence-corrected chi connectivity index (χ3v) is 7.28. The maximum Gasteiger partial charge on any atom is 0.423 e. The van der Waals surface area contributed by atoms with Crippen molar-refractivity contribution < 1.29 is 28.8 Å². The Morgan fingerprint density at radius 1 is 1.00 bits per heavy atom. The van der Waals surface area contributed by atoms with Gasteiger partial charge in [-0.1, -0.05) is 30.3 Å². The fraction of sp³-hybridized carbons (Fsp3) is 0.536. The maximum atomic E-state index is 12.8. The van der Waals surface area contributed by atoms with Crippen LogP contribution in [-0.4, -0.2) is 80.4 Å². The van der Waals surface area contributed by atoms with Crippen molar-refractivity contribution in [2.24, 2.45) is 0 Å². The molecule has 2 fully saturated rings. The summed E-state index contributed by atoms with van der Waals surface area (Å²) in [5.74, 6) is 1.51. The molecule has 0 spiro atoms. The minimum absolute atomic E-state index is 0.291. The summed E-state index contributed by atoms with van der Waals surface area (Å²) in [6.07, 6.45) is 4.26. The number of nitrogens with zero attached hydrogens (tertiary/aromatic N) is 3. The standard InChI is InChI=1S/C28H39N3O6/c1-34-24-19-23(20-25(35-2)26(24)36-3)28(14-7-10-18-37-28)31(17-13-22-11-5-4-6-12-22)30(27(32)33)21-29-15-8-9-16-29/h4-6,11-12,19-20H,7-10,13-18,21H2,1-3H3,(H,32,33). The molecule has 1 N–H and O–H groups in total. The molecule has 0 bridgehead atoms. The lowest BCUT2D eigenvalue weighted by Crippen LogP contribution is -2.61. The molecular formula is C28H39N3O6. The average Bonchev–Trinajstić information content (AvgIpc) is 3.46. The van der Waals surface area contributed by atoms with Gasteiger partial charge < -0.3 is 24.1 Å². The number of hydrazine groups is 1. The van der Waals surface area contributed by atoms with Gasteiger partial charge in [0.2, 0.25) is 5.75 Å². The Labute approximate surface area is 219 Å². The van der Waals surface area contributed by atoms with Crippen LogP contribution in [-0.2, 0) is 16.9 Å². The van der Waals surface area contributed by atoms with E-state index < -0.39 is 11.8 Å². The first-order chi connectivity index (χ1) is 18.0. The van der Waals surface area contributed by atoms with Gasteiger partial charge in [-0.3, -0.25) is 4.90 Å². The molecule has 1 amide bonds. The summed E-state index contributed by atoms with van der Waals surface area (Å²) in [4.78, 5) is 15.0. The highest BCUT2D eigenvalue weighted by molar-refractivity contribution is 5.64. The highest BCUT2D eigenvalue weighted by atomic mass is 16.5. The third-order valence-electron chi connectivity index (χ3n) is 7.28. The van der Waals surface area contributed by atoms with E-state index in [1.54, 1.807) is 21.3 Å². The fourth-order valence-electron chi connectivity index (χ4n) is 5.40. The van der Waals surface area contributed by atoms with Crippen molar-refractivity contribution in [2.75, 3.05) is 54.2 Å². The number of methoxy groups -OCH3 is 3. The van der Waals surface area contributed by atoms with Crippen LogP contribution in [0.4, 0.5) is 4.79 Å². The number of carboxylic acid groups (broad SMARTS) is 1. The Hall–Kier alpha value is -3.01. The summed E-state index contributed by atoms with van der Waals surface area (Å²) < 4.78 is 23.5. The number of benzene rings is 2. The van der Waals surface area contributed by atoms with E-state index in [9.17, 15) is 9.90 Å². The van der Waals surface area contributed by atoms with Gasteiger partial charge in [-0.15, -0.1) is 0 Å². The monoisotopic (exact) mass is 513 g/mol. The predicted octanol–water partition coefficient (Wildman–Crippen LogP) is 4.56. The molecule has 202 valence electrons. The summed E-state index contributed by atoms with van der Waals surface area (Å²) in [7, 11) is 4.74. The molecule has 0 radical (unpaired) electrons. The highest BCUT2D eigenvalue weighted by Crippen LogP contribution is 2.46. The minimum Gasteiger partial charge on any atom is -0.493 e. The number of carbonyl (C=O) groups is 1. The summed E-state index contributed by atoms with van der Waals surface area (Å²) >= 11 is 0. The number of ether oxygens (including phenoxy) is 4. The van der Waals surface area contributed by atoms with Gasteiger partial charge in [0.1, 0.15) is 0 Å². The lowest BCUT2D eigenvalue weighted by molar-refractivity contribution is -0.257. The molecule has 2 heterocycles. The normalized spacial score (nSPS) is 20.1. The Balaban J connectivity index is 1.82. The lowest BCUT2D eigenvalue weighted by Gasteiger charge is -2.50. The summed E-state index contributed by atoms with van der Waals surface area (Å²) in [6, 6.07) is 13.9. The first kappa shape index (κ1) is 27.0. The van der Waals surface area contributed by atoms with Gasteiger partial charge in [0.05, 0.1) is 28.0 Å². The van der Waals surface area contributed by atoms with E-state index in [0.29, 0.717) is 49.9 Å². The molecule has 2 aliphatic rings. The molecule has 9 nitrogen and oxygen atoms in total. The van der Waals surface area contributed by atoms with Crippen molar-refractivity contribution in [3.8, 4) is 17.2 Å². The number of rotatable bonds is 11. The summed E-state index contributed by atoms with van der Waals surface area (Å²) in [5.41, 5.74) is 0.898. The highest BCUT2D eigenvalue weighted by Gasteiger charge is 2.46. The van der Waals surface area contributed by atoms with Crippen molar-refractivity contribution in [1.29, 1.82) is 0 Å². The fourth-order valence-corrected chi connectivity index (χ4v) is 5.40. The van der Waals surface area contributed by atoms with Gasteiger partial charge in [0, 0.05) is 18.7 Å². The second-order valence-electron chi connectivity index (χ2n) is 9.51. The second kappa shape index (κ2) is 12.5. The van der Waals surface area contributed by atoms with E-state index in [1.165, 1.54) is 5.01 Å². The number of amides is 1. The molecule has 9 heteroatoms. The zero-order chi connectivity index (χ0) is 26.3. The topological polar surface area (TPSA) is 83.9 Å². The molecule has 0 aliphatic carbocycles. The Bertz CT molecular complexity index is 997. The average molecular weight is 514 g/mol. The van der Waals surface area contributed by atoms with Crippen molar-refractivity contribution >= 4 is 6.09 Å². The van der Waals surface area contributed by atoms with Crippen LogP contribution in [0.5, 0.6) is 17.2 Å². The molecule has 4 rings (SSSR count). The molecule has 0 aromatic heterocycles. The van der Waals surface area contributed by atoms with Crippen LogP contribution in [0.1, 0.15) is 43.2 Å². The third kappa shape index (κ3) is 5.95. The SMILES string of the molecule is COc1cc(C2(N(CCc3ccccc3)N(CN3CCCC3)C(=O)O)CCCCO2)cc(OC)c1OC. The van der Waals surface area contributed by atoms with E-state index in [-0.39, 0.29) is 0 Å². The van der Waals surface area contributed by atoms with Crippen LogP contribution in [0.3, 0.4) is 0 Å². The van der Waals surface area contributed by atoms with Crippen LogP contribution in [0.15, 0.2) is 42.5 Å². The van der Waals surface area contributed by atoms with Crippen LogP contribution in [0, 0.1) is 0 Å².